The zero-order valence-electron chi connectivity index (χ0n) is 12.7. The molecule has 0 saturated carbocycles. The Hall–Kier alpha value is -2.15. The number of para-hydroxylation sites is 1. The molecule has 21 heavy (non-hydrogen) atoms. The molecule has 0 bridgehead atoms. The first-order valence-corrected chi connectivity index (χ1v) is 6.88. The maximum atomic E-state index is 12.0. The maximum absolute atomic E-state index is 12.0. The molecule has 1 amide bonds. The summed E-state index contributed by atoms with van der Waals surface area (Å²) in [5.41, 5.74) is 6.52. The Labute approximate surface area is 124 Å². The largest absolute Gasteiger partial charge is 0.393 e. The van der Waals surface area contributed by atoms with Crippen LogP contribution in [0.1, 0.15) is 19.4 Å². The summed E-state index contributed by atoms with van der Waals surface area (Å²) >= 11 is 0. The van der Waals surface area contributed by atoms with Crippen LogP contribution in [0.5, 0.6) is 0 Å². The second-order valence-corrected chi connectivity index (χ2v) is 4.85. The van der Waals surface area contributed by atoms with Gasteiger partial charge in [0.05, 0.1) is 11.5 Å². The van der Waals surface area contributed by atoms with Gasteiger partial charge in [0, 0.05) is 25.7 Å². The summed E-state index contributed by atoms with van der Waals surface area (Å²) in [4.78, 5) is 25.9. The summed E-state index contributed by atoms with van der Waals surface area (Å²) in [6.45, 7) is 5.84. The minimum Gasteiger partial charge on any atom is -0.393 e. The molecule has 0 radical (unpaired) electrons. The molecular formula is C14H22N4O3. The monoisotopic (exact) mass is 294 g/mol. The van der Waals surface area contributed by atoms with Gasteiger partial charge in [0.15, 0.2) is 0 Å². The van der Waals surface area contributed by atoms with Crippen LogP contribution in [0.25, 0.3) is 0 Å². The molecule has 0 unspecified atom stereocenters. The molecule has 0 aliphatic carbocycles. The number of benzene rings is 1. The quantitative estimate of drug-likeness (QED) is 0.467. The minimum atomic E-state index is -0.500. The summed E-state index contributed by atoms with van der Waals surface area (Å²) < 4.78 is 0. The van der Waals surface area contributed by atoms with Crippen LogP contribution in [0.15, 0.2) is 18.2 Å². The molecule has 2 N–H and O–H groups in total. The number of nitrogen functional groups attached to an aromatic ring is 1. The van der Waals surface area contributed by atoms with Crippen LogP contribution in [-0.4, -0.2) is 47.3 Å². The molecule has 0 heterocycles. The average molecular weight is 294 g/mol. The molecule has 1 aromatic rings. The lowest BCUT2D eigenvalue weighted by atomic mass is 10.1. The zero-order chi connectivity index (χ0) is 16.0. The molecule has 7 nitrogen and oxygen atoms in total. The number of amides is 1. The zero-order valence-corrected chi connectivity index (χ0v) is 12.7. The highest BCUT2D eigenvalue weighted by Gasteiger charge is 2.17. The Kier molecular flexibility index (Phi) is 6.10. The average Bonchev–Trinajstić information content (AvgIpc) is 2.42. The second kappa shape index (κ2) is 7.58. The highest BCUT2D eigenvalue weighted by molar-refractivity contribution is 5.78. The van der Waals surface area contributed by atoms with Crippen molar-refractivity contribution in [3.8, 4) is 0 Å². The van der Waals surface area contributed by atoms with Crippen molar-refractivity contribution in [2.45, 2.75) is 20.4 Å². The number of carbonyl (C=O) groups is 1. The van der Waals surface area contributed by atoms with Gasteiger partial charge in [0.25, 0.3) is 5.69 Å². The molecule has 1 aromatic carbocycles. The Morgan fingerprint density at radius 1 is 1.33 bits per heavy atom. The number of hydrogen-bond donors (Lipinski definition) is 1. The van der Waals surface area contributed by atoms with Crippen LogP contribution in [0.3, 0.4) is 0 Å². The Morgan fingerprint density at radius 2 is 1.95 bits per heavy atom. The molecule has 116 valence electrons. The Bertz CT molecular complexity index is 515. The van der Waals surface area contributed by atoms with Gasteiger partial charge in [0.1, 0.15) is 5.69 Å². The van der Waals surface area contributed by atoms with Crippen molar-refractivity contribution in [1.29, 1.82) is 0 Å². The molecule has 0 spiro atoms. The van der Waals surface area contributed by atoms with Gasteiger partial charge in [-0.1, -0.05) is 12.1 Å². The van der Waals surface area contributed by atoms with Crippen LogP contribution in [0.2, 0.25) is 0 Å². The number of carbonyl (C=O) groups excluding carboxylic acids is 1. The third-order valence-corrected chi connectivity index (χ3v) is 3.33. The van der Waals surface area contributed by atoms with E-state index in [2.05, 4.69) is 0 Å². The third kappa shape index (κ3) is 4.42. The van der Waals surface area contributed by atoms with Crippen molar-refractivity contribution in [1.82, 2.24) is 9.80 Å². The first kappa shape index (κ1) is 16.9. The fraction of sp³-hybridized carbons (Fsp3) is 0.500. The van der Waals surface area contributed by atoms with E-state index in [1.54, 1.807) is 29.0 Å². The van der Waals surface area contributed by atoms with Crippen molar-refractivity contribution >= 4 is 17.3 Å². The lowest BCUT2D eigenvalue weighted by Crippen LogP contribution is -2.38. The van der Waals surface area contributed by atoms with Crippen molar-refractivity contribution in [3.05, 3.63) is 33.9 Å². The Balaban J connectivity index is 2.75. The van der Waals surface area contributed by atoms with E-state index < -0.39 is 4.92 Å². The van der Waals surface area contributed by atoms with Gasteiger partial charge in [-0.25, -0.2) is 0 Å². The normalized spacial score (nSPS) is 10.7. The second-order valence-electron chi connectivity index (χ2n) is 4.85. The number of rotatable bonds is 7. The molecular weight excluding hydrogens is 272 g/mol. The fourth-order valence-electron chi connectivity index (χ4n) is 2.15. The van der Waals surface area contributed by atoms with E-state index in [9.17, 15) is 14.9 Å². The topological polar surface area (TPSA) is 92.7 Å². The first-order valence-electron chi connectivity index (χ1n) is 6.88. The molecule has 0 atom stereocenters. The van der Waals surface area contributed by atoms with Gasteiger partial charge < -0.3 is 10.6 Å². The van der Waals surface area contributed by atoms with Gasteiger partial charge in [-0.05, 0) is 26.5 Å². The smallest absolute Gasteiger partial charge is 0.292 e. The SMILES string of the molecule is CCN(CC)C(=O)CN(C)Cc1cccc([N+](=O)[O-])c1N. The van der Waals surface area contributed by atoms with Crippen molar-refractivity contribution in [3.63, 3.8) is 0 Å². The molecule has 0 aliphatic heterocycles. The summed E-state index contributed by atoms with van der Waals surface area (Å²) in [5, 5.41) is 10.9. The maximum Gasteiger partial charge on any atom is 0.292 e. The van der Waals surface area contributed by atoms with Gasteiger partial charge >= 0.3 is 0 Å². The predicted octanol–water partition coefficient (Wildman–Crippen LogP) is 1.48. The predicted molar refractivity (Wildman–Crippen MR) is 81.8 cm³/mol. The summed E-state index contributed by atoms with van der Waals surface area (Å²) in [7, 11) is 1.79. The number of nitrogens with two attached hydrogens (primary N) is 1. The third-order valence-electron chi connectivity index (χ3n) is 3.33. The number of nitro groups is 1. The number of likely N-dealkylation sites (N-methyl/N-ethyl adjacent to an activating group) is 2. The van der Waals surface area contributed by atoms with Crippen LogP contribution >= 0.6 is 0 Å². The van der Waals surface area contributed by atoms with Crippen LogP contribution < -0.4 is 5.73 Å². The number of nitrogens with zero attached hydrogens (tertiary/aromatic N) is 3. The molecule has 0 aliphatic rings. The number of nitro benzene ring substituents is 1. The lowest BCUT2D eigenvalue weighted by molar-refractivity contribution is -0.384. The molecule has 7 heteroatoms. The van der Waals surface area contributed by atoms with E-state index in [0.717, 1.165) is 0 Å². The summed E-state index contributed by atoms with van der Waals surface area (Å²) in [6, 6.07) is 4.71. The van der Waals surface area contributed by atoms with E-state index >= 15 is 0 Å². The van der Waals surface area contributed by atoms with E-state index in [1.807, 2.05) is 13.8 Å². The van der Waals surface area contributed by atoms with Crippen LogP contribution in [0.4, 0.5) is 11.4 Å². The molecule has 0 fully saturated rings. The van der Waals surface area contributed by atoms with Gasteiger partial charge in [-0.3, -0.25) is 19.8 Å². The van der Waals surface area contributed by atoms with E-state index in [-0.39, 0.29) is 23.8 Å². The van der Waals surface area contributed by atoms with Crippen LogP contribution in [-0.2, 0) is 11.3 Å². The molecule has 1 rings (SSSR count). The van der Waals surface area contributed by atoms with Crippen molar-refractivity contribution in [2.24, 2.45) is 0 Å². The fourth-order valence-corrected chi connectivity index (χ4v) is 2.15. The van der Waals surface area contributed by atoms with Gasteiger partial charge in [-0.15, -0.1) is 0 Å². The van der Waals surface area contributed by atoms with E-state index in [1.165, 1.54) is 6.07 Å². The van der Waals surface area contributed by atoms with Crippen molar-refractivity contribution in [2.75, 3.05) is 32.4 Å². The number of hydrogen-bond acceptors (Lipinski definition) is 5. The minimum absolute atomic E-state index is 0.0338. The highest BCUT2D eigenvalue weighted by Crippen LogP contribution is 2.25. The molecule has 0 aromatic heterocycles. The molecule has 0 saturated heterocycles. The number of anilines is 1. The standard InChI is InChI=1S/C14H22N4O3/c1-4-17(5-2)13(19)10-16(3)9-11-7-6-8-12(14(11)15)18(20)21/h6-8H,4-5,9-10,15H2,1-3H3. The van der Waals surface area contributed by atoms with E-state index in [4.69, 9.17) is 5.73 Å². The van der Waals surface area contributed by atoms with E-state index in [0.29, 0.717) is 25.2 Å². The van der Waals surface area contributed by atoms with Crippen LogP contribution in [0, 0.1) is 10.1 Å². The van der Waals surface area contributed by atoms with Crippen molar-refractivity contribution < 1.29 is 9.72 Å². The summed E-state index contributed by atoms with van der Waals surface area (Å²) in [6.07, 6.45) is 0. The Morgan fingerprint density at radius 3 is 2.48 bits per heavy atom. The lowest BCUT2D eigenvalue weighted by Gasteiger charge is -2.23. The van der Waals surface area contributed by atoms with Gasteiger partial charge in [0.2, 0.25) is 5.91 Å². The van der Waals surface area contributed by atoms with Gasteiger partial charge in [-0.2, -0.15) is 0 Å². The highest BCUT2D eigenvalue weighted by atomic mass is 16.6. The summed E-state index contributed by atoms with van der Waals surface area (Å²) in [5.74, 6) is 0.0338. The first-order chi connectivity index (χ1) is 9.90.